The van der Waals surface area contributed by atoms with Gasteiger partial charge < -0.3 is 0 Å². The molecule has 1 aliphatic rings. The third-order valence-electron chi connectivity index (χ3n) is 8.85. The zero-order chi connectivity index (χ0) is 32.1. The number of allylic oxidation sites excluding steroid dienone is 2. The van der Waals surface area contributed by atoms with Crippen LogP contribution in [0.5, 0.6) is 0 Å². The van der Waals surface area contributed by atoms with Crippen molar-refractivity contribution in [1.82, 2.24) is 0 Å². The summed E-state index contributed by atoms with van der Waals surface area (Å²) in [4.78, 5) is 1.71. The largest absolute Gasteiger partial charge is 0.380 e. The fourth-order valence-electron chi connectivity index (χ4n) is 6.79. The highest BCUT2D eigenvalue weighted by molar-refractivity contribution is 7.16. The number of thiophene rings is 2. The van der Waals surface area contributed by atoms with Gasteiger partial charge in [-0.15, -0.1) is 22.7 Å². The smallest absolute Gasteiger partial charge is 0.194 e. The van der Waals surface area contributed by atoms with Crippen molar-refractivity contribution >= 4 is 55.4 Å². The van der Waals surface area contributed by atoms with Crippen molar-refractivity contribution in [2.75, 3.05) is 0 Å². The topological polar surface area (TPSA) is 0 Å². The predicted octanol–water partition coefficient (Wildman–Crippen LogP) is 12.5. The van der Waals surface area contributed by atoms with Gasteiger partial charge in [-0.3, -0.25) is 0 Å². The van der Waals surface area contributed by atoms with Crippen LogP contribution in [0, 0.1) is 27.7 Å². The van der Waals surface area contributed by atoms with Gasteiger partial charge in [0.05, 0.1) is 0 Å². The number of benzene rings is 4. The normalized spacial score (nSPS) is 17.1. The van der Waals surface area contributed by atoms with Crippen molar-refractivity contribution < 1.29 is 26.3 Å². The number of aryl methyl sites for hydroxylation is 2. The summed E-state index contributed by atoms with van der Waals surface area (Å²) in [7, 11) is 0. The molecule has 0 amide bonds. The summed E-state index contributed by atoms with van der Waals surface area (Å²) in [5.41, 5.74) is -1.05. The Morgan fingerprint density at radius 2 is 0.911 bits per heavy atom. The molecule has 2 aromatic heterocycles. The van der Waals surface area contributed by atoms with E-state index in [0.717, 1.165) is 49.8 Å². The first-order valence-corrected chi connectivity index (χ1v) is 16.0. The molecule has 228 valence electrons. The van der Waals surface area contributed by atoms with Crippen LogP contribution in [0.3, 0.4) is 0 Å². The van der Waals surface area contributed by atoms with Crippen LogP contribution >= 0.6 is 22.7 Å². The van der Waals surface area contributed by atoms with Crippen molar-refractivity contribution in [2.24, 2.45) is 0 Å². The lowest BCUT2D eigenvalue weighted by molar-refractivity contribution is -0.254. The molecule has 0 N–H and O–H groups in total. The molecule has 0 atom stereocenters. The maximum absolute atomic E-state index is 16.1. The maximum atomic E-state index is 16.1. The third-order valence-corrected chi connectivity index (χ3v) is 11.3. The van der Waals surface area contributed by atoms with Gasteiger partial charge in [-0.05, 0) is 72.0 Å². The van der Waals surface area contributed by atoms with Gasteiger partial charge in [0.2, 0.25) is 0 Å². The molecule has 8 heteroatoms. The second kappa shape index (κ2) is 10.1. The van der Waals surface area contributed by atoms with Gasteiger partial charge in [-0.1, -0.05) is 78.9 Å². The first-order chi connectivity index (χ1) is 21.3. The van der Waals surface area contributed by atoms with Crippen molar-refractivity contribution in [2.45, 2.75) is 45.5 Å². The summed E-state index contributed by atoms with van der Waals surface area (Å²) in [5, 5.41) is 3.54. The average Bonchev–Trinajstić information content (AvgIpc) is 3.50. The molecule has 0 aliphatic heterocycles. The quantitative estimate of drug-likeness (QED) is 0.132. The van der Waals surface area contributed by atoms with E-state index < -0.39 is 28.9 Å². The minimum atomic E-state index is -5.63. The van der Waals surface area contributed by atoms with Crippen LogP contribution in [-0.4, -0.2) is 17.8 Å². The average molecular weight is 649 g/mol. The van der Waals surface area contributed by atoms with Gasteiger partial charge >= 0.3 is 17.8 Å². The second-order valence-electron chi connectivity index (χ2n) is 11.5. The summed E-state index contributed by atoms with van der Waals surface area (Å²) in [6, 6.07) is 26.2. The van der Waals surface area contributed by atoms with E-state index in [0.29, 0.717) is 15.3 Å². The van der Waals surface area contributed by atoms with Crippen molar-refractivity contribution in [3.05, 3.63) is 117 Å². The Morgan fingerprint density at radius 3 is 1.42 bits per heavy atom. The summed E-state index contributed by atoms with van der Waals surface area (Å²) >= 11 is 2.30. The molecule has 2 heterocycles. The highest BCUT2D eigenvalue weighted by Crippen LogP contribution is 2.67. The minimum Gasteiger partial charge on any atom is -0.194 e. The van der Waals surface area contributed by atoms with Gasteiger partial charge in [-0.25, -0.2) is 0 Å². The van der Waals surface area contributed by atoms with E-state index >= 15 is 26.3 Å². The number of fused-ring (bicyclic) bond motifs is 2. The lowest BCUT2D eigenvalue weighted by Crippen LogP contribution is -2.49. The maximum Gasteiger partial charge on any atom is 0.380 e. The number of halogens is 6. The monoisotopic (exact) mass is 648 g/mol. The lowest BCUT2D eigenvalue weighted by Gasteiger charge is -2.26. The van der Waals surface area contributed by atoms with Crippen molar-refractivity contribution in [3.8, 4) is 20.9 Å². The summed E-state index contributed by atoms with van der Waals surface area (Å²) in [6.07, 6.45) is 0. The van der Waals surface area contributed by atoms with E-state index in [1.54, 1.807) is 44.2 Å². The van der Waals surface area contributed by atoms with E-state index in [2.05, 4.69) is 0 Å². The van der Waals surface area contributed by atoms with Crippen LogP contribution in [0.4, 0.5) is 26.3 Å². The Kier molecular flexibility index (Phi) is 6.66. The molecular weight excluding hydrogens is 623 g/mol. The lowest BCUT2D eigenvalue weighted by atomic mass is 9.88. The van der Waals surface area contributed by atoms with Gasteiger partial charge in [-0.2, -0.15) is 26.3 Å². The Balaban J connectivity index is 1.58. The minimum absolute atomic E-state index is 0.238. The summed E-state index contributed by atoms with van der Waals surface area (Å²) in [5.74, 6) is -15.9. The van der Waals surface area contributed by atoms with Crippen LogP contribution in [0.2, 0.25) is 0 Å². The Bertz CT molecular complexity index is 2130. The van der Waals surface area contributed by atoms with Crippen LogP contribution < -0.4 is 0 Å². The fourth-order valence-corrected chi connectivity index (χ4v) is 9.21. The van der Waals surface area contributed by atoms with Gasteiger partial charge in [0.15, 0.2) is 0 Å². The Hall–Kier alpha value is -3.88. The molecule has 45 heavy (non-hydrogen) atoms. The molecule has 0 unspecified atom stereocenters. The second-order valence-corrected chi connectivity index (χ2v) is 14.0. The van der Waals surface area contributed by atoms with Gasteiger partial charge in [0, 0.05) is 47.3 Å². The molecule has 0 fully saturated rings. The first-order valence-electron chi connectivity index (χ1n) is 14.3. The molecule has 7 rings (SSSR count). The number of alkyl halides is 6. The summed E-state index contributed by atoms with van der Waals surface area (Å²) in [6.45, 7) is 6.18. The Labute approximate surface area is 264 Å². The number of hydrogen-bond donors (Lipinski definition) is 0. The van der Waals surface area contributed by atoms with Crippen LogP contribution in [0.1, 0.15) is 32.0 Å². The fraction of sp³-hybridized carbons (Fsp3) is 0.189. The number of hydrogen-bond acceptors (Lipinski definition) is 2. The third kappa shape index (κ3) is 4.04. The number of rotatable bonds is 4. The van der Waals surface area contributed by atoms with E-state index in [-0.39, 0.29) is 32.0 Å². The molecular formula is C37H26F6S2. The zero-order valence-electron chi connectivity index (χ0n) is 24.7. The van der Waals surface area contributed by atoms with Crippen LogP contribution in [-0.2, 0) is 0 Å². The van der Waals surface area contributed by atoms with Crippen LogP contribution in [0.25, 0.3) is 53.6 Å². The van der Waals surface area contributed by atoms with Gasteiger partial charge in [0.1, 0.15) is 0 Å². The zero-order valence-corrected chi connectivity index (χ0v) is 26.3. The molecule has 6 aromatic rings. The van der Waals surface area contributed by atoms with Crippen LogP contribution in [0.15, 0.2) is 84.9 Å². The van der Waals surface area contributed by atoms with E-state index in [4.69, 9.17) is 0 Å². The Morgan fingerprint density at radius 1 is 0.489 bits per heavy atom. The van der Waals surface area contributed by atoms with E-state index in [1.165, 1.54) is 13.8 Å². The van der Waals surface area contributed by atoms with Gasteiger partial charge in [0.25, 0.3) is 0 Å². The van der Waals surface area contributed by atoms with E-state index in [1.807, 2.05) is 54.6 Å². The highest BCUT2D eigenvalue weighted by Gasteiger charge is 2.80. The molecule has 4 aromatic carbocycles. The predicted molar refractivity (Wildman–Crippen MR) is 175 cm³/mol. The molecule has 0 saturated carbocycles. The summed E-state index contributed by atoms with van der Waals surface area (Å²) < 4.78 is 95.1. The molecule has 0 saturated heterocycles. The molecule has 0 bridgehead atoms. The van der Waals surface area contributed by atoms with Crippen molar-refractivity contribution in [1.29, 1.82) is 0 Å². The first kappa shape index (κ1) is 29.8. The standard InChI is InChI=1S/C37H26F6S2/c1-19-28(21(3)44-33(19)23-12-6-5-7-13-23)31-32(36(40,41)37(42,43)35(31,38)39)29-20(2)34(45-22(29)4)30-26-16-10-8-14-24(26)18-25-15-9-11-17-27(25)30/h5-18H,1-4H3. The SMILES string of the molecule is Cc1sc(-c2ccccc2)c(C)c1C1=C(c2c(C)sc(-c3c4ccccc4cc4ccccc34)c2C)C(F)(F)C(F)(F)C1(F)F. The molecule has 0 spiro atoms. The molecule has 1 aliphatic carbocycles. The molecule has 0 radical (unpaired) electrons. The molecule has 0 nitrogen and oxygen atoms in total. The van der Waals surface area contributed by atoms with Crippen molar-refractivity contribution in [3.63, 3.8) is 0 Å². The highest BCUT2D eigenvalue weighted by atomic mass is 32.1. The van der Waals surface area contributed by atoms with E-state index in [9.17, 15) is 0 Å².